The molecule has 1 N–H and O–H groups in total. The molecule has 1 saturated heterocycles. The van der Waals surface area contributed by atoms with Gasteiger partial charge in [-0.25, -0.2) is 0 Å². The molecule has 2 heteroatoms. The number of hydrogen-bond acceptors (Lipinski definition) is 2. The van der Waals surface area contributed by atoms with E-state index >= 15 is 0 Å². The van der Waals surface area contributed by atoms with Gasteiger partial charge in [0.15, 0.2) is 0 Å². The van der Waals surface area contributed by atoms with Gasteiger partial charge in [-0.05, 0) is 44.3 Å². The highest BCUT2D eigenvalue weighted by molar-refractivity contribution is 5.20. The van der Waals surface area contributed by atoms with Gasteiger partial charge >= 0.3 is 0 Å². The predicted octanol–water partition coefficient (Wildman–Crippen LogP) is 3.85. The van der Waals surface area contributed by atoms with Crippen molar-refractivity contribution in [3.63, 3.8) is 0 Å². The first-order chi connectivity index (χ1) is 9.76. The van der Waals surface area contributed by atoms with Gasteiger partial charge in [-0.1, -0.05) is 50.6 Å². The van der Waals surface area contributed by atoms with E-state index in [2.05, 4.69) is 61.3 Å². The molecule has 0 saturated carbocycles. The minimum absolute atomic E-state index is 0.441. The van der Waals surface area contributed by atoms with Crippen LogP contribution in [0.25, 0.3) is 0 Å². The molecule has 0 spiro atoms. The van der Waals surface area contributed by atoms with Crippen molar-refractivity contribution in [2.24, 2.45) is 5.92 Å². The van der Waals surface area contributed by atoms with Crippen LogP contribution in [0.5, 0.6) is 0 Å². The molecular weight excluding hydrogens is 244 g/mol. The lowest BCUT2D eigenvalue weighted by Crippen LogP contribution is -2.47. The number of likely N-dealkylation sites (N-methyl/N-ethyl adjacent to an activating group) is 1. The van der Waals surface area contributed by atoms with Crippen LogP contribution in [0.3, 0.4) is 0 Å². The van der Waals surface area contributed by atoms with Crippen LogP contribution in [0.2, 0.25) is 0 Å². The average Bonchev–Trinajstić information content (AvgIpc) is 2.53. The van der Waals surface area contributed by atoms with Crippen LogP contribution in [-0.2, 0) is 0 Å². The molecule has 0 aliphatic carbocycles. The fourth-order valence-electron chi connectivity index (χ4n) is 3.46. The number of likely N-dealkylation sites (tertiary alicyclic amines) is 1. The van der Waals surface area contributed by atoms with Gasteiger partial charge in [-0.2, -0.15) is 0 Å². The highest BCUT2D eigenvalue weighted by atomic mass is 15.2. The zero-order valence-electron chi connectivity index (χ0n) is 13.3. The fraction of sp³-hybridized carbons (Fsp3) is 0.667. The third-order valence-corrected chi connectivity index (χ3v) is 4.77. The van der Waals surface area contributed by atoms with E-state index < -0.39 is 0 Å². The lowest BCUT2D eigenvalue weighted by molar-refractivity contribution is 0.106. The van der Waals surface area contributed by atoms with E-state index in [-0.39, 0.29) is 0 Å². The van der Waals surface area contributed by atoms with E-state index in [9.17, 15) is 0 Å². The van der Waals surface area contributed by atoms with Crippen molar-refractivity contribution in [2.45, 2.75) is 52.1 Å². The summed E-state index contributed by atoms with van der Waals surface area (Å²) in [6, 6.07) is 11.9. The lowest BCUT2D eigenvalue weighted by atomic mass is 9.92. The molecule has 0 amide bonds. The van der Waals surface area contributed by atoms with Gasteiger partial charge in [0, 0.05) is 18.6 Å². The largest absolute Gasteiger partial charge is 0.309 e. The van der Waals surface area contributed by atoms with Crippen LogP contribution < -0.4 is 5.32 Å². The van der Waals surface area contributed by atoms with E-state index in [1.807, 2.05) is 0 Å². The average molecular weight is 274 g/mol. The monoisotopic (exact) mass is 274 g/mol. The molecule has 1 aliphatic heterocycles. The zero-order chi connectivity index (χ0) is 14.4. The van der Waals surface area contributed by atoms with Crippen LogP contribution in [0, 0.1) is 5.92 Å². The molecular formula is C18H30N2. The van der Waals surface area contributed by atoms with Crippen LogP contribution in [0.4, 0.5) is 0 Å². The second-order valence-corrected chi connectivity index (χ2v) is 6.10. The van der Waals surface area contributed by atoms with Crippen molar-refractivity contribution in [1.82, 2.24) is 10.2 Å². The maximum atomic E-state index is 3.69. The third-order valence-electron chi connectivity index (χ3n) is 4.77. The van der Waals surface area contributed by atoms with Crippen LogP contribution in [0.1, 0.15) is 51.6 Å². The lowest BCUT2D eigenvalue weighted by Gasteiger charge is -2.40. The van der Waals surface area contributed by atoms with Crippen LogP contribution in [-0.4, -0.2) is 30.6 Å². The first-order valence-corrected chi connectivity index (χ1v) is 8.28. The molecule has 2 nitrogen and oxygen atoms in total. The highest BCUT2D eigenvalue weighted by Gasteiger charge is 2.28. The fourth-order valence-corrected chi connectivity index (χ4v) is 3.46. The molecule has 0 radical (unpaired) electrons. The maximum absolute atomic E-state index is 3.69. The molecule has 3 unspecified atom stereocenters. The molecule has 1 aromatic carbocycles. The van der Waals surface area contributed by atoms with Gasteiger partial charge in [-0.3, -0.25) is 4.90 Å². The Labute approximate surface area is 124 Å². The van der Waals surface area contributed by atoms with E-state index in [4.69, 9.17) is 0 Å². The summed E-state index contributed by atoms with van der Waals surface area (Å²) in [6.45, 7) is 10.5. The molecule has 1 aromatic rings. The number of hydrogen-bond donors (Lipinski definition) is 1. The SMILES string of the molecule is CCNC(c1ccccc1)C(C)N1CCCC(CC)C1. The zero-order valence-corrected chi connectivity index (χ0v) is 13.3. The first kappa shape index (κ1) is 15.5. The number of rotatable bonds is 6. The predicted molar refractivity (Wildman–Crippen MR) is 86.9 cm³/mol. The minimum atomic E-state index is 0.441. The van der Waals surface area contributed by atoms with E-state index in [1.54, 1.807) is 0 Å². The van der Waals surface area contributed by atoms with Gasteiger partial charge in [0.1, 0.15) is 0 Å². The maximum Gasteiger partial charge on any atom is 0.0475 e. The molecule has 1 aliphatic rings. The standard InChI is InChI=1S/C18H30N2/c1-4-16-10-9-13-20(14-16)15(3)18(19-5-2)17-11-7-6-8-12-17/h6-8,11-12,15-16,18-19H,4-5,9-10,13-14H2,1-3H3. The first-order valence-electron chi connectivity index (χ1n) is 8.28. The summed E-state index contributed by atoms with van der Waals surface area (Å²) in [4.78, 5) is 2.69. The van der Waals surface area contributed by atoms with Crippen LogP contribution >= 0.6 is 0 Å². The number of nitrogens with zero attached hydrogens (tertiary/aromatic N) is 1. The molecule has 2 rings (SSSR count). The Morgan fingerprint density at radius 2 is 2.00 bits per heavy atom. The summed E-state index contributed by atoms with van der Waals surface area (Å²) in [7, 11) is 0. The molecule has 20 heavy (non-hydrogen) atoms. The summed E-state index contributed by atoms with van der Waals surface area (Å²) in [5.41, 5.74) is 1.42. The van der Waals surface area contributed by atoms with Crippen molar-refractivity contribution >= 4 is 0 Å². The van der Waals surface area contributed by atoms with Crippen molar-refractivity contribution in [3.8, 4) is 0 Å². The summed E-state index contributed by atoms with van der Waals surface area (Å²) < 4.78 is 0. The van der Waals surface area contributed by atoms with Crippen molar-refractivity contribution in [3.05, 3.63) is 35.9 Å². The molecule has 3 atom stereocenters. The number of benzene rings is 1. The van der Waals surface area contributed by atoms with Gasteiger partial charge in [0.25, 0.3) is 0 Å². The molecule has 0 aromatic heterocycles. The van der Waals surface area contributed by atoms with E-state index in [1.165, 1.54) is 37.9 Å². The molecule has 1 heterocycles. The van der Waals surface area contributed by atoms with Crippen molar-refractivity contribution < 1.29 is 0 Å². The van der Waals surface area contributed by atoms with E-state index in [0.29, 0.717) is 12.1 Å². The van der Waals surface area contributed by atoms with Crippen molar-refractivity contribution in [1.29, 1.82) is 0 Å². The minimum Gasteiger partial charge on any atom is -0.309 e. The topological polar surface area (TPSA) is 15.3 Å². The van der Waals surface area contributed by atoms with Gasteiger partial charge < -0.3 is 5.32 Å². The molecule has 112 valence electrons. The van der Waals surface area contributed by atoms with Gasteiger partial charge in [0.05, 0.1) is 0 Å². The second kappa shape index (κ2) is 7.80. The summed E-state index contributed by atoms with van der Waals surface area (Å²) in [5, 5.41) is 3.69. The smallest absolute Gasteiger partial charge is 0.0475 e. The third kappa shape index (κ3) is 3.83. The summed E-state index contributed by atoms with van der Waals surface area (Å²) >= 11 is 0. The molecule has 0 bridgehead atoms. The van der Waals surface area contributed by atoms with Gasteiger partial charge in [0.2, 0.25) is 0 Å². The Morgan fingerprint density at radius 3 is 2.65 bits per heavy atom. The Balaban J connectivity index is 2.08. The Bertz CT molecular complexity index is 376. The Morgan fingerprint density at radius 1 is 1.25 bits per heavy atom. The number of nitrogens with one attached hydrogen (secondary N) is 1. The van der Waals surface area contributed by atoms with Crippen LogP contribution in [0.15, 0.2) is 30.3 Å². The second-order valence-electron chi connectivity index (χ2n) is 6.10. The molecule has 1 fully saturated rings. The normalized spacial score (nSPS) is 23.4. The highest BCUT2D eigenvalue weighted by Crippen LogP contribution is 2.26. The quantitative estimate of drug-likeness (QED) is 0.847. The Kier molecular flexibility index (Phi) is 6.06. The summed E-state index contributed by atoms with van der Waals surface area (Å²) in [5.74, 6) is 0.893. The number of piperidine rings is 1. The Hall–Kier alpha value is -0.860. The van der Waals surface area contributed by atoms with Gasteiger partial charge in [-0.15, -0.1) is 0 Å². The summed E-state index contributed by atoms with van der Waals surface area (Å²) in [6.07, 6.45) is 4.09. The van der Waals surface area contributed by atoms with Crippen molar-refractivity contribution in [2.75, 3.05) is 19.6 Å². The van der Waals surface area contributed by atoms with E-state index in [0.717, 1.165) is 12.5 Å².